The van der Waals surface area contributed by atoms with E-state index in [9.17, 15) is 0 Å². The minimum Gasteiger partial charge on any atom is -0.264 e. The summed E-state index contributed by atoms with van der Waals surface area (Å²) in [6, 6.07) is 11.9. The number of hydrogen-bond donors (Lipinski definition) is 0. The summed E-state index contributed by atoms with van der Waals surface area (Å²) in [4.78, 5) is 12.8. The van der Waals surface area contributed by atoms with Crippen LogP contribution in [0.25, 0.3) is 22.4 Å². The van der Waals surface area contributed by atoms with Crippen LogP contribution in [0, 0.1) is 0 Å². The van der Waals surface area contributed by atoms with E-state index in [1.54, 1.807) is 37.4 Å². The molecule has 0 aliphatic rings. The molecule has 0 amide bonds. The standard InChI is InChI=1S/C15H11N3.ClH.Pt/c1-4-12(10-16-7-1)14-6-3-9-18-15(14)13-5-2-8-17-11-13;;/h1-11H;1H;/q;;+1/p-1. The van der Waals surface area contributed by atoms with Gasteiger partial charge in [-0.05, 0) is 24.3 Å². The van der Waals surface area contributed by atoms with E-state index in [0.717, 1.165) is 22.4 Å². The number of nitrogens with zero attached hydrogens (tertiary/aromatic N) is 3. The number of halogens is 1. The van der Waals surface area contributed by atoms with Crippen LogP contribution in [0.4, 0.5) is 0 Å². The van der Waals surface area contributed by atoms with Crippen molar-refractivity contribution in [1.82, 2.24) is 15.0 Å². The fourth-order valence-electron chi connectivity index (χ4n) is 1.89. The molecule has 0 spiro atoms. The van der Waals surface area contributed by atoms with E-state index in [1.165, 1.54) is 0 Å². The molecule has 103 valence electrons. The smallest absolute Gasteiger partial charge is 0.0796 e. The Morgan fingerprint density at radius 1 is 0.750 bits per heavy atom. The van der Waals surface area contributed by atoms with Crippen molar-refractivity contribution in [1.29, 1.82) is 0 Å². The van der Waals surface area contributed by atoms with Gasteiger partial charge in [0.1, 0.15) is 0 Å². The Hall–Kier alpha value is -1.57. The van der Waals surface area contributed by atoms with Crippen LogP contribution in [0.2, 0.25) is 0 Å². The molecule has 20 heavy (non-hydrogen) atoms. The molecular weight excluding hydrogens is 453 g/mol. The maximum absolute atomic E-state index is 4.61. The van der Waals surface area contributed by atoms with Crippen LogP contribution in [0.5, 0.6) is 0 Å². The van der Waals surface area contributed by atoms with Crippen molar-refractivity contribution >= 4 is 9.42 Å². The average molecular weight is 464 g/mol. The van der Waals surface area contributed by atoms with Gasteiger partial charge in [-0.1, -0.05) is 12.1 Å². The molecule has 0 aromatic carbocycles. The van der Waals surface area contributed by atoms with Crippen LogP contribution in [-0.4, -0.2) is 15.0 Å². The first-order valence-corrected chi connectivity index (χ1v) is 8.64. The molecule has 0 radical (unpaired) electrons. The minimum atomic E-state index is 0.929. The van der Waals surface area contributed by atoms with Crippen LogP contribution in [0.3, 0.4) is 0 Å². The first-order valence-electron chi connectivity index (χ1n) is 5.83. The summed E-state index contributed by atoms with van der Waals surface area (Å²) in [6.45, 7) is 0. The summed E-state index contributed by atoms with van der Waals surface area (Å²) in [5.74, 6) is 0. The van der Waals surface area contributed by atoms with E-state index in [-0.39, 0.29) is 0 Å². The SMILES string of the molecule is [Cl][Pt].c1cncc(-c2cccnc2-c2cccnc2)c1. The second-order valence-electron chi connectivity index (χ2n) is 3.88. The molecule has 0 aliphatic heterocycles. The molecule has 3 aromatic heterocycles. The third kappa shape index (κ3) is 3.50. The van der Waals surface area contributed by atoms with Crippen LogP contribution >= 0.6 is 9.42 Å². The van der Waals surface area contributed by atoms with E-state index < -0.39 is 0 Å². The molecule has 3 heterocycles. The Balaban J connectivity index is 0.000000704. The first-order chi connectivity index (χ1) is 9.95. The van der Waals surface area contributed by atoms with E-state index >= 15 is 0 Å². The predicted molar refractivity (Wildman–Crippen MR) is 76.6 cm³/mol. The molecule has 5 heteroatoms. The van der Waals surface area contributed by atoms with Crippen LogP contribution < -0.4 is 0 Å². The molecule has 3 aromatic rings. The molecule has 0 saturated heterocycles. The minimum absolute atomic E-state index is 0.929. The third-order valence-electron chi connectivity index (χ3n) is 2.72. The Labute approximate surface area is 132 Å². The summed E-state index contributed by atoms with van der Waals surface area (Å²) in [5, 5.41) is 0. The van der Waals surface area contributed by atoms with Crippen LogP contribution in [0.15, 0.2) is 67.4 Å². The fourth-order valence-corrected chi connectivity index (χ4v) is 1.89. The molecule has 0 bridgehead atoms. The molecule has 0 atom stereocenters. The number of hydrogen-bond acceptors (Lipinski definition) is 3. The molecule has 3 nitrogen and oxygen atoms in total. The zero-order valence-electron chi connectivity index (χ0n) is 10.4. The van der Waals surface area contributed by atoms with Gasteiger partial charge in [0.2, 0.25) is 0 Å². The normalized spacial score (nSPS) is 9.55. The Morgan fingerprint density at radius 3 is 1.95 bits per heavy atom. The Kier molecular flexibility index (Phi) is 5.84. The van der Waals surface area contributed by atoms with Crippen molar-refractivity contribution in [2.24, 2.45) is 0 Å². The summed E-state index contributed by atoms with van der Waals surface area (Å²) >= 11 is 1.61. The first kappa shape index (κ1) is 14.8. The topological polar surface area (TPSA) is 38.7 Å². The van der Waals surface area contributed by atoms with Gasteiger partial charge in [0.05, 0.1) is 5.69 Å². The van der Waals surface area contributed by atoms with E-state index in [0.29, 0.717) is 0 Å². The van der Waals surface area contributed by atoms with Crippen molar-refractivity contribution in [3.8, 4) is 22.4 Å². The molecule has 0 saturated carbocycles. The van der Waals surface area contributed by atoms with Gasteiger partial charge in [-0.3, -0.25) is 15.0 Å². The van der Waals surface area contributed by atoms with Crippen molar-refractivity contribution in [2.45, 2.75) is 0 Å². The Bertz CT molecular complexity index is 589. The van der Waals surface area contributed by atoms with Gasteiger partial charge in [-0.25, -0.2) is 0 Å². The monoisotopic (exact) mass is 463 g/mol. The largest absolute Gasteiger partial charge is 0.264 e. The molecule has 0 N–H and O–H groups in total. The molecule has 0 fully saturated rings. The quantitative estimate of drug-likeness (QED) is 0.579. The number of aromatic nitrogens is 3. The second kappa shape index (κ2) is 7.88. The van der Waals surface area contributed by atoms with E-state index in [2.05, 4.69) is 24.4 Å². The van der Waals surface area contributed by atoms with Gasteiger partial charge in [0.25, 0.3) is 0 Å². The van der Waals surface area contributed by atoms with Crippen molar-refractivity contribution in [3.63, 3.8) is 0 Å². The second-order valence-corrected chi connectivity index (χ2v) is 3.88. The summed E-state index contributed by atoms with van der Waals surface area (Å²) < 4.78 is 0. The maximum atomic E-state index is 4.61. The number of pyridine rings is 3. The van der Waals surface area contributed by atoms with E-state index in [4.69, 9.17) is 0 Å². The van der Waals surface area contributed by atoms with Gasteiger partial charge in [-0.2, -0.15) is 0 Å². The summed E-state index contributed by atoms with van der Waals surface area (Å²) in [5.41, 5.74) is 4.07. The zero-order valence-corrected chi connectivity index (χ0v) is 13.4. The summed E-state index contributed by atoms with van der Waals surface area (Å²) in [6.07, 6.45) is 8.99. The van der Waals surface area contributed by atoms with Gasteiger partial charge in [-0.15, -0.1) is 0 Å². The van der Waals surface area contributed by atoms with Gasteiger partial charge in [0.15, 0.2) is 0 Å². The molecule has 3 rings (SSSR count). The predicted octanol–water partition coefficient (Wildman–Crippen LogP) is 3.89. The van der Waals surface area contributed by atoms with Crippen molar-refractivity contribution < 1.29 is 18.8 Å². The summed E-state index contributed by atoms with van der Waals surface area (Å²) in [7, 11) is 4.61. The third-order valence-corrected chi connectivity index (χ3v) is 2.72. The van der Waals surface area contributed by atoms with Crippen molar-refractivity contribution in [2.75, 3.05) is 0 Å². The van der Waals surface area contributed by atoms with E-state index in [1.807, 2.05) is 48.8 Å². The Morgan fingerprint density at radius 2 is 1.35 bits per heavy atom. The van der Waals surface area contributed by atoms with Gasteiger partial charge < -0.3 is 0 Å². The van der Waals surface area contributed by atoms with Crippen LogP contribution in [-0.2, 0) is 18.8 Å². The molecule has 0 aliphatic carbocycles. The van der Waals surface area contributed by atoms with Gasteiger partial charge >= 0.3 is 28.2 Å². The van der Waals surface area contributed by atoms with Crippen molar-refractivity contribution in [3.05, 3.63) is 67.4 Å². The molecular formula is C15H11ClN3Pt. The number of rotatable bonds is 2. The average Bonchev–Trinajstić information content (AvgIpc) is 2.58. The van der Waals surface area contributed by atoms with Crippen LogP contribution in [0.1, 0.15) is 0 Å². The fraction of sp³-hybridized carbons (Fsp3) is 0. The molecule has 0 unspecified atom stereocenters. The van der Waals surface area contributed by atoms with Gasteiger partial charge in [0, 0.05) is 47.7 Å². The zero-order chi connectivity index (χ0) is 14.2. The maximum Gasteiger partial charge on any atom is 0.0796 e.